The molecule has 144 valence electrons. The van der Waals surface area contributed by atoms with Crippen LogP contribution in [0.4, 0.5) is 5.69 Å². The number of carbonyl (C=O) groups excluding carboxylic acids is 1. The number of rotatable bonds is 4. The van der Waals surface area contributed by atoms with Crippen molar-refractivity contribution in [1.29, 1.82) is 0 Å². The van der Waals surface area contributed by atoms with E-state index in [1.807, 2.05) is 25.1 Å². The maximum absolute atomic E-state index is 12.6. The molecule has 0 atom stereocenters. The van der Waals surface area contributed by atoms with E-state index in [1.54, 1.807) is 26.1 Å². The molecular formula is C21H27N3O3. The first-order valence-electron chi connectivity index (χ1n) is 9.29. The molecule has 0 radical (unpaired) electrons. The molecule has 1 aromatic carbocycles. The SMILES string of the molecule is Cc1cc(C)n(C)c(=O)c1C(=O)Nc1ccc(OC2CCN(C)CC2)cc1. The van der Waals surface area contributed by atoms with Gasteiger partial charge in [0, 0.05) is 31.5 Å². The van der Waals surface area contributed by atoms with Crippen molar-refractivity contribution in [1.82, 2.24) is 9.47 Å². The highest BCUT2D eigenvalue weighted by Crippen LogP contribution is 2.21. The summed E-state index contributed by atoms with van der Waals surface area (Å²) >= 11 is 0. The van der Waals surface area contributed by atoms with Gasteiger partial charge >= 0.3 is 0 Å². The van der Waals surface area contributed by atoms with Crippen LogP contribution in [-0.2, 0) is 7.05 Å². The summed E-state index contributed by atoms with van der Waals surface area (Å²) in [6, 6.07) is 9.16. The lowest BCUT2D eigenvalue weighted by Crippen LogP contribution is -2.35. The van der Waals surface area contributed by atoms with Crippen LogP contribution in [0.15, 0.2) is 35.1 Å². The number of aryl methyl sites for hydroxylation is 2. The Hall–Kier alpha value is -2.60. The number of anilines is 1. The number of likely N-dealkylation sites (tertiary alicyclic amines) is 1. The number of pyridine rings is 1. The van der Waals surface area contributed by atoms with Crippen LogP contribution in [0.25, 0.3) is 0 Å². The molecule has 0 spiro atoms. The highest BCUT2D eigenvalue weighted by atomic mass is 16.5. The number of ether oxygens (including phenoxy) is 1. The number of amides is 1. The van der Waals surface area contributed by atoms with Crippen molar-refractivity contribution in [3.8, 4) is 5.75 Å². The maximum Gasteiger partial charge on any atom is 0.263 e. The summed E-state index contributed by atoms with van der Waals surface area (Å²) in [4.78, 5) is 27.3. The number of nitrogens with zero attached hydrogens (tertiary/aromatic N) is 2. The normalized spacial score (nSPS) is 15.6. The lowest BCUT2D eigenvalue weighted by Gasteiger charge is -2.29. The number of hydrogen-bond donors (Lipinski definition) is 1. The van der Waals surface area contributed by atoms with Gasteiger partial charge in [-0.15, -0.1) is 0 Å². The van der Waals surface area contributed by atoms with Gasteiger partial charge in [0.05, 0.1) is 0 Å². The zero-order valence-electron chi connectivity index (χ0n) is 16.4. The Bertz CT molecular complexity index is 879. The van der Waals surface area contributed by atoms with E-state index in [-0.39, 0.29) is 17.2 Å². The third-order valence-electron chi connectivity index (χ3n) is 5.17. The third kappa shape index (κ3) is 4.39. The fourth-order valence-electron chi connectivity index (χ4n) is 3.36. The molecule has 0 bridgehead atoms. The number of hydrogen-bond acceptors (Lipinski definition) is 4. The zero-order valence-corrected chi connectivity index (χ0v) is 16.4. The van der Waals surface area contributed by atoms with Gasteiger partial charge in [-0.2, -0.15) is 0 Å². The smallest absolute Gasteiger partial charge is 0.263 e. The van der Waals surface area contributed by atoms with Crippen molar-refractivity contribution in [2.24, 2.45) is 7.05 Å². The maximum atomic E-state index is 12.6. The van der Waals surface area contributed by atoms with Gasteiger partial charge in [0.2, 0.25) is 0 Å². The number of piperidine rings is 1. The number of benzene rings is 1. The molecule has 3 rings (SSSR count). The summed E-state index contributed by atoms with van der Waals surface area (Å²) in [5, 5.41) is 2.81. The number of carbonyl (C=O) groups is 1. The van der Waals surface area contributed by atoms with Crippen LogP contribution in [0.5, 0.6) is 5.75 Å². The molecule has 1 aliphatic heterocycles. The number of nitrogens with one attached hydrogen (secondary N) is 1. The van der Waals surface area contributed by atoms with E-state index in [1.165, 1.54) is 4.57 Å². The largest absolute Gasteiger partial charge is 0.490 e. The van der Waals surface area contributed by atoms with E-state index < -0.39 is 5.91 Å². The van der Waals surface area contributed by atoms with Gasteiger partial charge in [0.15, 0.2) is 0 Å². The van der Waals surface area contributed by atoms with Crippen molar-refractivity contribution in [3.05, 3.63) is 57.5 Å². The summed E-state index contributed by atoms with van der Waals surface area (Å²) in [6.45, 7) is 5.72. The van der Waals surface area contributed by atoms with E-state index in [4.69, 9.17) is 4.74 Å². The van der Waals surface area contributed by atoms with Crippen LogP contribution in [0.1, 0.15) is 34.5 Å². The van der Waals surface area contributed by atoms with Crippen LogP contribution in [-0.4, -0.2) is 41.6 Å². The van der Waals surface area contributed by atoms with Crippen LogP contribution >= 0.6 is 0 Å². The van der Waals surface area contributed by atoms with Crippen LogP contribution in [0.2, 0.25) is 0 Å². The molecule has 1 amide bonds. The predicted molar refractivity (Wildman–Crippen MR) is 107 cm³/mol. The molecule has 0 aliphatic carbocycles. The fourth-order valence-corrected chi connectivity index (χ4v) is 3.36. The van der Waals surface area contributed by atoms with Crippen molar-refractivity contribution in [3.63, 3.8) is 0 Å². The Morgan fingerprint density at radius 2 is 1.74 bits per heavy atom. The Morgan fingerprint density at radius 1 is 1.11 bits per heavy atom. The second-order valence-electron chi connectivity index (χ2n) is 7.31. The minimum absolute atomic E-state index is 0.176. The standard InChI is InChI=1S/C21H27N3O3/c1-14-13-15(2)24(4)21(26)19(14)20(25)22-16-5-7-17(8-6-16)27-18-9-11-23(3)12-10-18/h5-8,13,18H,9-12H2,1-4H3,(H,22,25). The Kier molecular flexibility index (Phi) is 5.65. The fraction of sp³-hybridized carbons (Fsp3) is 0.429. The Balaban J connectivity index is 1.67. The summed E-state index contributed by atoms with van der Waals surface area (Å²) in [5.74, 6) is 0.405. The zero-order chi connectivity index (χ0) is 19.6. The molecule has 0 saturated carbocycles. The minimum Gasteiger partial charge on any atom is -0.490 e. The van der Waals surface area contributed by atoms with Crippen LogP contribution in [0.3, 0.4) is 0 Å². The highest BCUT2D eigenvalue weighted by molar-refractivity contribution is 6.05. The van der Waals surface area contributed by atoms with E-state index in [9.17, 15) is 9.59 Å². The molecule has 2 heterocycles. The van der Waals surface area contributed by atoms with E-state index in [2.05, 4.69) is 17.3 Å². The van der Waals surface area contributed by atoms with Gasteiger partial charge in [0.1, 0.15) is 17.4 Å². The van der Waals surface area contributed by atoms with Crippen LogP contribution < -0.4 is 15.6 Å². The molecule has 1 saturated heterocycles. The van der Waals surface area contributed by atoms with Gasteiger partial charge in [0.25, 0.3) is 11.5 Å². The Morgan fingerprint density at radius 3 is 2.37 bits per heavy atom. The first-order valence-corrected chi connectivity index (χ1v) is 9.29. The second-order valence-corrected chi connectivity index (χ2v) is 7.31. The van der Waals surface area contributed by atoms with Crippen molar-refractivity contribution < 1.29 is 9.53 Å². The monoisotopic (exact) mass is 369 g/mol. The highest BCUT2D eigenvalue weighted by Gasteiger charge is 2.19. The molecule has 6 heteroatoms. The summed E-state index contributed by atoms with van der Waals surface area (Å²) in [5.41, 5.74) is 2.03. The van der Waals surface area contributed by atoms with E-state index in [0.717, 1.165) is 37.4 Å². The molecule has 2 aromatic rings. The van der Waals surface area contributed by atoms with Gasteiger partial charge in [-0.3, -0.25) is 9.59 Å². The van der Waals surface area contributed by atoms with Gasteiger partial charge in [-0.25, -0.2) is 0 Å². The van der Waals surface area contributed by atoms with Crippen LogP contribution in [0, 0.1) is 13.8 Å². The summed E-state index contributed by atoms with van der Waals surface area (Å²) in [7, 11) is 3.79. The molecule has 0 unspecified atom stereocenters. The minimum atomic E-state index is -0.392. The molecular weight excluding hydrogens is 342 g/mol. The van der Waals surface area contributed by atoms with Gasteiger partial charge < -0.3 is 19.5 Å². The van der Waals surface area contributed by atoms with Crippen molar-refractivity contribution >= 4 is 11.6 Å². The first kappa shape index (κ1) is 19.2. The quantitative estimate of drug-likeness (QED) is 0.900. The predicted octanol–water partition coefficient (Wildman–Crippen LogP) is 2.73. The van der Waals surface area contributed by atoms with Gasteiger partial charge in [-0.1, -0.05) is 0 Å². The first-order chi connectivity index (χ1) is 12.8. The molecule has 6 nitrogen and oxygen atoms in total. The average Bonchev–Trinajstić information content (AvgIpc) is 2.63. The Labute approximate surface area is 159 Å². The van der Waals surface area contributed by atoms with Crippen molar-refractivity contribution in [2.45, 2.75) is 32.8 Å². The van der Waals surface area contributed by atoms with E-state index in [0.29, 0.717) is 11.3 Å². The molecule has 1 N–H and O–H groups in total. The topological polar surface area (TPSA) is 63.6 Å². The second kappa shape index (κ2) is 7.96. The number of aromatic nitrogens is 1. The molecule has 27 heavy (non-hydrogen) atoms. The summed E-state index contributed by atoms with van der Waals surface area (Å²) in [6.07, 6.45) is 2.27. The van der Waals surface area contributed by atoms with Crippen molar-refractivity contribution in [2.75, 3.05) is 25.5 Å². The lowest BCUT2D eigenvalue weighted by atomic mass is 10.1. The molecule has 1 fully saturated rings. The third-order valence-corrected chi connectivity index (χ3v) is 5.17. The molecule has 1 aliphatic rings. The molecule has 1 aromatic heterocycles. The lowest BCUT2D eigenvalue weighted by molar-refractivity contribution is 0.102. The van der Waals surface area contributed by atoms with Gasteiger partial charge in [-0.05, 0) is 69.6 Å². The average molecular weight is 369 g/mol. The summed E-state index contributed by atoms with van der Waals surface area (Å²) < 4.78 is 7.51. The van der Waals surface area contributed by atoms with E-state index >= 15 is 0 Å².